The van der Waals surface area contributed by atoms with Crippen LogP contribution < -0.4 is 5.32 Å². The lowest BCUT2D eigenvalue weighted by Crippen LogP contribution is -2.46. The number of halogens is 1. The number of piperidine rings is 1. The Kier molecular flexibility index (Phi) is 5.91. The molecule has 1 amide bonds. The molecule has 1 aromatic carbocycles. The molecule has 24 heavy (non-hydrogen) atoms. The van der Waals surface area contributed by atoms with Crippen LogP contribution in [0.4, 0.5) is 5.69 Å². The minimum absolute atomic E-state index is 0.106. The topological polar surface area (TPSA) is 69.7 Å². The lowest BCUT2D eigenvalue weighted by molar-refractivity contribution is -0.120. The van der Waals surface area contributed by atoms with Crippen molar-refractivity contribution in [2.24, 2.45) is 5.92 Å². The van der Waals surface area contributed by atoms with Gasteiger partial charge in [-0.1, -0.05) is 17.7 Å². The SMILES string of the molecule is Cc1cc(C)c(NC(=O)C2CCN(S(=O)(=O)N(C)C)CC2)c(Cl)c1. The molecule has 1 saturated heterocycles. The van der Waals surface area contributed by atoms with E-state index in [4.69, 9.17) is 11.6 Å². The zero-order chi connectivity index (χ0) is 18.1. The van der Waals surface area contributed by atoms with Crippen molar-refractivity contribution in [1.82, 2.24) is 8.61 Å². The summed E-state index contributed by atoms with van der Waals surface area (Å²) < 4.78 is 26.8. The number of nitrogens with one attached hydrogen (secondary N) is 1. The maximum absolute atomic E-state index is 12.5. The third kappa shape index (κ3) is 4.08. The predicted molar refractivity (Wildman–Crippen MR) is 96.5 cm³/mol. The van der Waals surface area contributed by atoms with Gasteiger partial charge in [0, 0.05) is 33.1 Å². The van der Waals surface area contributed by atoms with Crippen LogP contribution in [-0.4, -0.2) is 50.1 Å². The molecule has 134 valence electrons. The van der Waals surface area contributed by atoms with Gasteiger partial charge in [0.1, 0.15) is 0 Å². The molecule has 2 rings (SSSR count). The van der Waals surface area contributed by atoms with Crippen LogP contribution in [0.3, 0.4) is 0 Å². The summed E-state index contributed by atoms with van der Waals surface area (Å²) in [5, 5.41) is 3.42. The molecule has 0 aliphatic carbocycles. The van der Waals surface area contributed by atoms with Crippen LogP contribution in [0, 0.1) is 19.8 Å². The Hall–Kier alpha value is -1.15. The molecule has 1 fully saturated rings. The average molecular weight is 374 g/mol. The van der Waals surface area contributed by atoms with E-state index in [-0.39, 0.29) is 11.8 Å². The lowest BCUT2D eigenvalue weighted by Gasteiger charge is -2.32. The van der Waals surface area contributed by atoms with E-state index in [0.29, 0.717) is 36.6 Å². The molecule has 0 saturated carbocycles. The monoisotopic (exact) mass is 373 g/mol. The quantitative estimate of drug-likeness (QED) is 0.881. The van der Waals surface area contributed by atoms with Crippen LogP contribution in [0.2, 0.25) is 5.02 Å². The molecule has 0 atom stereocenters. The van der Waals surface area contributed by atoms with Crippen molar-refractivity contribution >= 4 is 33.4 Å². The van der Waals surface area contributed by atoms with Gasteiger partial charge in [0.05, 0.1) is 10.7 Å². The Labute approximate surface area is 149 Å². The van der Waals surface area contributed by atoms with Crippen LogP contribution in [0.15, 0.2) is 12.1 Å². The van der Waals surface area contributed by atoms with Crippen molar-refractivity contribution in [3.63, 3.8) is 0 Å². The third-order valence-electron chi connectivity index (χ3n) is 4.29. The number of amides is 1. The lowest BCUT2D eigenvalue weighted by atomic mass is 9.97. The summed E-state index contributed by atoms with van der Waals surface area (Å²) in [7, 11) is -0.392. The molecule has 1 aliphatic rings. The molecular weight excluding hydrogens is 350 g/mol. The molecule has 0 aromatic heterocycles. The highest BCUT2D eigenvalue weighted by molar-refractivity contribution is 7.86. The minimum atomic E-state index is -3.41. The summed E-state index contributed by atoms with van der Waals surface area (Å²) >= 11 is 6.23. The molecule has 6 nitrogen and oxygen atoms in total. The first-order valence-corrected chi connectivity index (χ1v) is 9.65. The summed E-state index contributed by atoms with van der Waals surface area (Å²) in [6.45, 7) is 4.55. The van der Waals surface area contributed by atoms with E-state index < -0.39 is 10.2 Å². The largest absolute Gasteiger partial charge is 0.324 e. The fraction of sp³-hybridized carbons (Fsp3) is 0.562. The van der Waals surface area contributed by atoms with Crippen LogP contribution in [0.25, 0.3) is 0 Å². The van der Waals surface area contributed by atoms with Crippen LogP contribution >= 0.6 is 11.6 Å². The van der Waals surface area contributed by atoms with Crippen LogP contribution in [-0.2, 0) is 15.0 Å². The van der Waals surface area contributed by atoms with Gasteiger partial charge in [-0.25, -0.2) is 0 Å². The molecule has 1 aromatic rings. The van der Waals surface area contributed by atoms with E-state index in [1.54, 1.807) is 0 Å². The van der Waals surface area contributed by atoms with Crippen molar-refractivity contribution in [2.75, 3.05) is 32.5 Å². The number of benzene rings is 1. The summed E-state index contributed by atoms with van der Waals surface area (Å²) in [5.41, 5.74) is 2.59. The van der Waals surface area contributed by atoms with Crippen molar-refractivity contribution < 1.29 is 13.2 Å². The third-order valence-corrected chi connectivity index (χ3v) is 6.53. The number of hydrogen-bond donors (Lipinski definition) is 1. The van der Waals surface area contributed by atoms with Gasteiger partial charge in [0.2, 0.25) is 5.91 Å². The molecule has 0 spiro atoms. The summed E-state index contributed by atoms with van der Waals surface area (Å²) in [6, 6.07) is 3.78. The number of hydrogen-bond acceptors (Lipinski definition) is 3. The smallest absolute Gasteiger partial charge is 0.281 e. The molecule has 1 heterocycles. The predicted octanol–water partition coefficient (Wildman–Crippen LogP) is 2.41. The van der Waals surface area contributed by atoms with E-state index in [2.05, 4.69) is 5.32 Å². The first-order valence-electron chi connectivity index (χ1n) is 7.88. The Bertz CT molecular complexity index is 703. The zero-order valence-electron chi connectivity index (χ0n) is 14.5. The van der Waals surface area contributed by atoms with Crippen molar-refractivity contribution in [3.8, 4) is 0 Å². The highest BCUT2D eigenvalue weighted by Crippen LogP contribution is 2.29. The van der Waals surface area contributed by atoms with E-state index in [1.807, 2.05) is 26.0 Å². The number of rotatable bonds is 4. The fourth-order valence-electron chi connectivity index (χ4n) is 2.88. The minimum Gasteiger partial charge on any atom is -0.324 e. The van der Waals surface area contributed by atoms with Crippen molar-refractivity contribution in [3.05, 3.63) is 28.3 Å². The van der Waals surface area contributed by atoms with Crippen LogP contribution in [0.1, 0.15) is 24.0 Å². The Morgan fingerprint density at radius 3 is 2.33 bits per heavy atom. The first-order chi connectivity index (χ1) is 11.1. The molecule has 1 N–H and O–H groups in total. The van der Waals surface area contributed by atoms with Gasteiger partial charge < -0.3 is 5.32 Å². The molecule has 1 aliphatic heterocycles. The Balaban J connectivity index is 2.02. The summed E-state index contributed by atoms with van der Waals surface area (Å²) in [5.74, 6) is -0.318. The Morgan fingerprint density at radius 1 is 1.25 bits per heavy atom. The second-order valence-corrected chi connectivity index (χ2v) is 8.94. The number of aryl methyl sites for hydroxylation is 2. The highest BCUT2D eigenvalue weighted by atomic mass is 35.5. The van der Waals surface area contributed by atoms with Gasteiger partial charge in [-0.3, -0.25) is 4.79 Å². The van der Waals surface area contributed by atoms with E-state index in [0.717, 1.165) is 11.1 Å². The number of nitrogens with zero attached hydrogens (tertiary/aromatic N) is 2. The fourth-order valence-corrected chi connectivity index (χ4v) is 4.38. The normalized spacial score (nSPS) is 17.2. The maximum atomic E-state index is 12.5. The molecule has 0 unspecified atom stereocenters. The van der Waals surface area contributed by atoms with Gasteiger partial charge >= 0.3 is 0 Å². The van der Waals surface area contributed by atoms with Gasteiger partial charge in [0.25, 0.3) is 10.2 Å². The van der Waals surface area contributed by atoms with E-state index in [9.17, 15) is 13.2 Å². The number of carbonyl (C=O) groups is 1. The number of carbonyl (C=O) groups excluding carboxylic acids is 1. The van der Waals surface area contributed by atoms with Crippen molar-refractivity contribution in [2.45, 2.75) is 26.7 Å². The van der Waals surface area contributed by atoms with Crippen LogP contribution in [0.5, 0.6) is 0 Å². The average Bonchev–Trinajstić information content (AvgIpc) is 2.50. The van der Waals surface area contributed by atoms with Gasteiger partial charge in [-0.15, -0.1) is 0 Å². The van der Waals surface area contributed by atoms with Gasteiger partial charge in [0.15, 0.2) is 0 Å². The second kappa shape index (κ2) is 7.39. The van der Waals surface area contributed by atoms with E-state index >= 15 is 0 Å². The van der Waals surface area contributed by atoms with E-state index in [1.165, 1.54) is 22.7 Å². The first kappa shape index (κ1) is 19.2. The molecular formula is C16H24ClN3O3S. The highest BCUT2D eigenvalue weighted by Gasteiger charge is 2.32. The van der Waals surface area contributed by atoms with Gasteiger partial charge in [-0.2, -0.15) is 17.0 Å². The molecule has 0 bridgehead atoms. The molecule has 8 heteroatoms. The Morgan fingerprint density at radius 2 is 1.83 bits per heavy atom. The summed E-state index contributed by atoms with van der Waals surface area (Å²) in [4.78, 5) is 12.5. The molecule has 0 radical (unpaired) electrons. The zero-order valence-corrected chi connectivity index (χ0v) is 16.0. The summed E-state index contributed by atoms with van der Waals surface area (Å²) in [6.07, 6.45) is 1.00. The maximum Gasteiger partial charge on any atom is 0.281 e. The van der Waals surface area contributed by atoms with Crippen molar-refractivity contribution in [1.29, 1.82) is 0 Å². The standard InChI is InChI=1S/C16H24ClN3O3S/c1-11-9-12(2)15(14(17)10-11)18-16(21)13-5-7-20(8-6-13)24(22,23)19(3)4/h9-10,13H,5-8H2,1-4H3,(H,18,21). The number of anilines is 1. The second-order valence-electron chi connectivity index (χ2n) is 6.39. The van der Waals surface area contributed by atoms with Gasteiger partial charge in [-0.05, 0) is 43.9 Å².